The van der Waals surface area contributed by atoms with E-state index >= 15 is 0 Å². The zero-order chi connectivity index (χ0) is 22.8. The third-order valence-electron chi connectivity index (χ3n) is 8.43. The molecule has 1 atom stereocenters. The molecule has 33 heavy (non-hydrogen) atoms. The van der Waals surface area contributed by atoms with E-state index in [1.165, 1.54) is 34.4 Å². The van der Waals surface area contributed by atoms with Crippen LogP contribution in [0.1, 0.15) is 61.8 Å². The summed E-state index contributed by atoms with van der Waals surface area (Å²) in [5, 5.41) is 3.27. The summed E-state index contributed by atoms with van der Waals surface area (Å²) in [5.74, 6) is 1.37. The Morgan fingerprint density at radius 2 is 1.73 bits per heavy atom. The number of benzene rings is 2. The highest BCUT2D eigenvalue weighted by Crippen LogP contribution is 2.59. The molecule has 1 heterocycles. The Morgan fingerprint density at radius 1 is 1.03 bits per heavy atom. The smallest absolute Gasteiger partial charge is 0.325 e. The van der Waals surface area contributed by atoms with Crippen molar-refractivity contribution >= 4 is 11.9 Å². The van der Waals surface area contributed by atoms with Crippen LogP contribution >= 0.6 is 0 Å². The fourth-order valence-corrected chi connectivity index (χ4v) is 6.46. The monoisotopic (exact) mass is 444 g/mol. The summed E-state index contributed by atoms with van der Waals surface area (Å²) in [4.78, 5) is 28.8. The summed E-state index contributed by atoms with van der Waals surface area (Å²) >= 11 is 0. The summed E-state index contributed by atoms with van der Waals surface area (Å²) in [6, 6.07) is 14.4. The van der Waals surface area contributed by atoms with Crippen molar-refractivity contribution in [2.24, 2.45) is 11.3 Å². The van der Waals surface area contributed by atoms with Gasteiger partial charge in [0.05, 0.1) is 6.61 Å². The van der Waals surface area contributed by atoms with Gasteiger partial charge in [0.2, 0.25) is 0 Å². The molecular formula is C28H32N2O3. The zero-order valence-electron chi connectivity index (χ0n) is 19.5. The van der Waals surface area contributed by atoms with E-state index in [9.17, 15) is 9.59 Å². The third kappa shape index (κ3) is 3.04. The molecule has 0 radical (unpaired) electrons. The number of urea groups is 1. The van der Waals surface area contributed by atoms with Crippen molar-refractivity contribution in [3.05, 3.63) is 64.7 Å². The first-order valence-corrected chi connectivity index (χ1v) is 12.4. The minimum Gasteiger partial charge on any atom is -0.493 e. The van der Waals surface area contributed by atoms with E-state index in [4.69, 9.17) is 4.74 Å². The maximum Gasteiger partial charge on any atom is 0.325 e. The summed E-state index contributed by atoms with van der Waals surface area (Å²) in [7, 11) is 0. The molecule has 0 aromatic heterocycles. The molecular weight excluding hydrogens is 412 g/mol. The molecule has 0 bridgehead atoms. The van der Waals surface area contributed by atoms with Crippen LogP contribution in [0, 0.1) is 11.3 Å². The Hall–Kier alpha value is -2.82. The Kier molecular flexibility index (Phi) is 4.62. The van der Waals surface area contributed by atoms with Crippen molar-refractivity contribution in [1.29, 1.82) is 0 Å². The van der Waals surface area contributed by atoms with Gasteiger partial charge in [0, 0.05) is 11.5 Å². The number of amides is 3. The quantitative estimate of drug-likeness (QED) is 0.692. The lowest BCUT2D eigenvalue weighted by Crippen LogP contribution is -2.55. The first kappa shape index (κ1) is 20.8. The van der Waals surface area contributed by atoms with E-state index in [0.29, 0.717) is 5.92 Å². The number of nitrogens with zero attached hydrogens (tertiary/aromatic N) is 1. The molecule has 5 nitrogen and oxygen atoms in total. The van der Waals surface area contributed by atoms with Crippen LogP contribution in [0.5, 0.6) is 5.75 Å². The molecule has 3 amide bonds. The van der Waals surface area contributed by atoms with Gasteiger partial charge in [-0.2, -0.15) is 0 Å². The van der Waals surface area contributed by atoms with Crippen LogP contribution in [-0.4, -0.2) is 29.5 Å². The minimum atomic E-state index is -1.02. The van der Waals surface area contributed by atoms with E-state index in [1.807, 2.05) is 26.0 Å². The van der Waals surface area contributed by atoms with Gasteiger partial charge in [0.15, 0.2) is 5.54 Å². The van der Waals surface area contributed by atoms with Gasteiger partial charge >= 0.3 is 6.03 Å². The van der Waals surface area contributed by atoms with Crippen LogP contribution in [0.25, 0.3) is 0 Å². The molecule has 2 aromatic rings. The van der Waals surface area contributed by atoms with Crippen molar-refractivity contribution in [2.75, 3.05) is 6.61 Å². The molecule has 5 heteroatoms. The van der Waals surface area contributed by atoms with Crippen LogP contribution in [-0.2, 0) is 29.6 Å². The largest absolute Gasteiger partial charge is 0.493 e. The number of nitrogens with one attached hydrogen (secondary N) is 1. The van der Waals surface area contributed by atoms with Gasteiger partial charge < -0.3 is 10.1 Å². The molecule has 1 saturated carbocycles. The molecule has 6 rings (SSSR count). The lowest BCUT2D eigenvalue weighted by atomic mass is 9.65. The molecule has 4 aliphatic rings. The van der Waals surface area contributed by atoms with E-state index in [-0.39, 0.29) is 23.4 Å². The highest BCUT2D eigenvalue weighted by atomic mass is 16.5. The molecule has 3 aliphatic carbocycles. The predicted molar refractivity (Wildman–Crippen MR) is 126 cm³/mol. The fraction of sp³-hybridized carbons (Fsp3) is 0.500. The Bertz CT molecular complexity index is 1110. The van der Waals surface area contributed by atoms with E-state index in [1.54, 1.807) is 0 Å². The number of aryl methyl sites for hydroxylation is 2. The van der Waals surface area contributed by atoms with Gasteiger partial charge in [-0.25, -0.2) is 4.79 Å². The Labute approximate surface area is 195 Å². The lowest BCUT2D eigenvalue weighted by Gasteiger charge is -2.42. The normalized spacial score (nSPS) is 25.4. The van der Waals surface area contributed by atoms with E-state index < -0.39 is 5.54 Å². The first-order chi connectivity index (χ1) is 15.9. The molecule has 1 aliphatic heterocycles. The molecule has 2 fully saturated rings. The highest BCUT2D eigenvalue weighted by Gasteiger charge is 2.67. The second-order valence-corrected chi connectivity index (χ2v) is 10.7. The maximum atomic E-state index is 14.2. The van der Waals surface area contributed by atoms with Crippen LogP contribution in [0.2, 0.25) is 0 Å². The molecule has 2 spiro atoms. The summed E-state index contributed by atoms with van der Waals surface area (Å²) in [6.07, 6.45) is 6.84. The number of rotatable bonds is 4. The summed E-state index contributed by atoms with van der Waals surface area (Å²) in [6.45, 7) is 4.55. The fourth-order valence-electron chi connectivity index (χ4n) is 6.46. The van der Waals surface area contributed by atoms with Crippen molar-refractivity contribution in [3.8, 4) is 5.75 Å². The molecule has 1 N–H and O–H groups in total. The first-order valence-electron chi connectivity index (χ1n) is 12.4. The number of carbonyl (C=O) groups excluding carboxylic acids is 2. The van der Waals surface area contributed by atoms with Gasteiger partial charge in [0.1, 0.15) is 5.75 Å². The van der Waals surface area contributed by atoms with Crippen LogP contribution in [0.4, 0.5) is 4.79 Å². The zero-order valence-corrected chi connectivity index (χ0v) is 19.5. The predicted octanol–water partition coefficient (Wildman–Crippen LogP) is 4.75. The molecule has 172 valence electrons. The van der Waals surface area contributed by atoms with Gasteiger partial charge in [-0.05, 0) is 99.1 Å². The van der Waals surface area contributed by atoms with Gasteiger partial charge in [-0.1, -0.05) is 30.3 Å². The van der Waals surface area contributed by atoms with E-state index in [0.717, 1.165) is 50.0 Å². The lowest BCUT2D eigenvalue weighted by molar-refractivity contribution is -0.138. The second kappa shape index (κ2) is 7.34. The Morgan fingerprint density at radius 3 is 2.33 bits per heavy atom. The average Bonchev–Trinajstić information content (AvgIpc) is 3.56. The van der Waals surface area contributed by atoms with Crippen molar-refractivity contribution in [3.63, 3.8) is 0 Å². The highest BCUT2D eigenvalue weighted by molar-refractivity contribution is 6.09. The van der Waals surface area contributed by atoms with Crippen LogP contribution in [0.15, 0.2) is 42.5 Å². The number of hydrogen-bond acceptors (Lipinski definition) is 3. The van der Waals surface area contributed by atoms with Crippen molar-refractivity contribution < 1.29 is 14.3 Å². The topological polar surface area (TPSA) is 58.6 Å². The molecule has 1 saturated heterocycles. The molecule has 2 aromatic carbocycles. The Balaban J connectivity index is 1.46. The number of ether oxygens (including phenoxy) is 1. The average molecular weight is 445 g/mol. The maximum absolute atomic E-state index is 14.2. The van der Waals surface area contributed by atoms with Crippen molar-refractivity contribution in [1.82, 2.24) is 10.2 Å². The number of carbonyl (C=O) groups is 2. The molecule has 1 unspecified atom stereocenters. The van der Waals surface area contributed by atoms with Gasteiger partial charge in [-0.3, -0.25) is 9.69 Å². The number of imide groups is 1. The summed E-state index contributed by atoms with van der Waals surface area (Å²) in [5.41, 5.74) is 3.48. The SMILES string of the molecule is CC(C)N1C(=O)NC2(C1=O)c1cc(OCC3CC3)ccc1CC21CCc2ccccc2CC1. The van der Waals surface area contributed by atoms with Gasteiger partial charge in [0.25, 0.3) is 5.91 Å². The van der Waals surface area contributed by atoms with Gasteiger partial charge in [-0.15, -0.1) is 0 Å². The number of fused-ring (bicyclic) bond motifs is 4. The van der Waals surface area contributed by atoms with E-state index in [2.05, 4.69) is 35.6 Å². The third-order valence-corrected chi connectivity index (χ3v) is 8.43. The van der Waals surface area contributed by atoms with Crippen molar-refractivity contribution in [2.45, 2.75) is 70.4 Å². The standard InChI is InChI=1S/C28H32N2O3/c1-18(2)30-25(31)28(29-26(30)32)24-15-23(33-17-19-7-8-19)10-9-22(24)16-27(28)13-11-20-5-3-4-6-21(20)12-14-27/h3-6,9-10,15,18-19H,7-8,11-14,16-17H2,1-2H3,(H,29,32). The number of hydrogen-bond donors (Lipinski definition) is 1. The van der Waals surface area contributed by atoms with Crippen LogP contribution < -0.4 is 10.1 Å². The summed E-state index contributed by atoms with van der Waals surface area (Å²) < 4.78 is 6.11. The second-order valence-electron chi connectivity index (χ2n) is 10.7. The minimum absolute atomic E-state index is 0.0912. The van der Waals surface area contributed by atoms with Crippen LogP contribution in [0.3, 0.4) is 0 Å².